The second-order valence-electron chi connectivity index (χ2n) is 1.42. The second kappa shape index (κ2) is 1.43. The molecule has 0 spiro atoms. The van der Waals surface area contributed by atoms with E-state index >= 15 is 0 Å². The van der Waals surface area contributed by atoms with Crippen LogP contribution in [0.3, 0.4) is 0 Å². The van der Waals surface area contributed by atoms with Gasteiger partial charge < -0.3 is 0 Å². The van der Waals surface area contributed by atoms with E-state index in [0.29, 0.717) is 0 Å². The van der Waals surface area contributed by atoms with Gasteiger partial charge in [-0.05, 0) is 0 Å². The van der Waals surface area contributed by atoms with Crippen molar-refractivity contribution >= 4 is 0 Å². The Labute approximate surface area is 38.3 Å². The normalized spacial score (nSPS) is 20.7. The first-order valence-electron chi connectivity index (χ1n) is 2.13. The van der Waals surface area contributed by atoms with Crippen LogP contribution in [0.1, 0.15) is 0 Å². The van der Waals surface area contributed by atoms with Crippen molar-refractivity contribution < 1.29 is 0 Å². The zero-order chi connectivity index (χ0) is 4.41. The van der Waals surface area contributed by atoms with Crippen molar-refractivity contribution in [2.45, 2.75) is 0 Å². The van der Waals surface area contributed by atoms with Gasteiger partial charge in [-0.3, -0.25) is 4.90 Å². The van der Waals surface area contributed by atoms with Gasteiger partial charge in [0, 0.05) is 19.6 Å². The molecule has 0 unspecified atom stereocenters. The largest absolute Gasteiger partial charge is 0.293 e. The molecule has 0 saturated carbocycles. The molecule has 1 heterocycles. The molecule has 0 aliphatic carbocycles. The first-order valence-corrected chi connectivity index (χ1v) is 2.13. The van der Waals surface area contributed by atoms with Crippen LogP contribution in [0.2, 0.25) is 0 Å². The first-order chi connectivity index (χ1) is 2.93. The fourth-order valence-electron chi connectivity index (χ4n) is 0.356. The van der Waals surface area contributed by atoms with Crippen molar-refractivity contribution in [2.24, 2.45) is 0 Å². The highest BCUT2D eigenvalue weighted by Gasteiger charge is 2.13. The Balaban J connectivity index is 2.00. The van der Waals surface area contributed by atoms with Crippen molar-refractivity contribution in [1.82, 2.24) is 4.90 Å². The zero-order valence-corrected chi connectivity index (χ0v) is 3.72. The molecule has 1 fully saturated rings. The molecule has 0 N–H and O–H groups in total. The smallest absolute Gasteiger partial charge is 0.0468 e. The topological polar surface area (TPSA) is 3.01 Å². The molecule has 1 heteroatoms. The van der Waals surface area contributed by atoms with Crippen LogP contribution >= 0.6 is 0 Å². The molecule has 1 aliphatic rings. The van der Waals surface area contributed by atoms with Crippen LogP contribution in [-0.2, 0) is 0 Å². The van der Waals surface area contributed by atoms with Crippen LogP contribution in [-0.4, -0.2) is 18.0 Å². The van der Waals surface area contributed by atoms with Gasteiger partial charge in [0.1, 0.15) is 0 Å². The monoisotopic (exact) mass is 82.1 g/mol. The van der Waals surface area contributed by atoms with E-state index in [2.05, 4.69) is 11.5 Å². The van der Waals surface area contributed by atoms with Crippen molar-refractivity contribution in [3.8, 4) is 0 Å². The molecule has 1 aliphatic heterocycles. The Hall–Kier alpha value is -0.300. The summed E-state index contributed by atoms with van der Waals surface area (Å²) in [4.78, 5) is 2.19. The third kappa shape index (κ3) is 0.830. The summed E-state index contributed by atoms with van der Waals surface area (Å²) >= 11 is 0. The maximum absolute atomic E-state index is 3.54. The van der Waals surface area contributed by atoms with E-state index in [0.717, 1.165) is 0 Å². The number of hydrogen-bond acceptors (Lipinski definition) is 1. The maximum Gasteiger partial charge on any atom is 0.0468 e. The minimum atomic E-state index is 1.23. The molecule has 1 saturated heterocycles. The number of hydrogen-bond donors (Lipinski definition) is 0. The Morgan fingerprint density at radius 1 is 1.50 bits per heavy atom. The van der Waals surface area contributed by atoms with E-state index in [1.807, 2.05) is 12.6 Å². The van der Waals surface area contributed by atoms with Crippen LogP contribution < -0.4 is 0 Å². The molecule has 6 heavy (non-hydrogen) atoms. The number of nitrogens with zero attached hydrogens (tertiary/aromatic N) is 1. The lowest BCUT2D eigenvalue weighted by atomic mass is 10.6. The van der Waals surface area contributed by atoms with E-state index in [9.17, 15) is 0 Å². The Morgan fingerprint density at radius 3 is 2.33 bits per heavy atom. The van der Waals surface area contributed by atoms with Gasteiger partial charge in [0.25, 0.3) is 0 Å². The highest BCUT2D eigenvalue weighted by Crippen LogP contribution is 2.04. The predicted octanol–water partition coefficient (Wildman–Crippen LogP) is 0.650. The lowest BCUT2D eigenvalue weighted by molar-refractivity contribution is 0.715. The summed E-state index contributed by atoms with van der Waals surface area (Å²) in [6.07, 6.45) is 1.81. The first kappa shape index (κ1) is 3.88. The van der Waals surface area contributed by atoms with Crippen LogP contribution in [0, 0.1) is 6.54 Å². The summed E-state index contributed by atoms with van der Waals surface area (Å²) < 4.78 is 0. The molecule has 0 aromatic rings. The fourth-order valence-corrected chi connectivity index (χ4v) is 0.356. The molecule has 1 rings (SSSR count). The molecule has 0 amide bonds. The summed E-state index contributed by atoms with van der Waals surface area (Å²) in [7, 11) is 0. The average molecular weight is 82.1 g/mol. The fraction of sp³-hybridized carbons (Fsp3) is 0.400. The van der Waals surface area contributed by atoms with Crippen LogP contribution in [0.25, 0.3) is 0 Å². The third-order valence-electron chi connectivity index (χ3n) is 0.798. The second-order valence-corrected chi connectivity index (χ2v) is 1.42. The zero-order valence-electron chi connectivity index (χ0n) is 3.72. The summed E-state index contributed by atoms with van der Waals surface area (Å²) in [5, 5.41) is 0. The quantitative estimate of drug-likeness (QED) is 0.442. The number of rotatable bonds is 2. The molecular weight excluding hydrogens is 74.1 g/mol. The molecule has 0 aromatic heterocycles. The SMILES string of the molecule is C=C[CH]N1CC1. The molecule has 0 bridgehead atoms. The minimum Gasteiger partial charge on any atom is -0.293 e. The lowest BCUT2D eigenvalue weighted by Gasteiger charge is -1.83. The Kier molecular flexibility index (Phi) is 0.926. The Bertz CT molecular complexity index is 55.0. The van der Waals surface area contributed by atoms with Gasteiger partial charge >= 0.3 is 0 Å². The maximum atomic E-state index is 3.54. The van der Waals surface area contributed by atoms with E-state index < -0.39 is 0 Å². The highest BCUT2D eigenvalue weighted by atomic mass is 15.2. The van der Waals surface area contributed by atoms with E-state index in [1.165, 1.54) is 13.1 Å². The molecule has 0 aromatic carbocycles. The van der Waals surface area contributed by atoms with Crippen LogP contribution in [0.15, 0.2) is 12.7 Å². The highest BCUT2D eigenvalue weighted by molar-refractivity contribution is 4.92. The van der Waals surface area contributed by atoms with Gasteiger partial charge in [-0.2, -0.15) is 0 Å². The lowest BCUT2D eigenvalue weighted by Crippen LogP contribution is -1.83. The summed E-state index contributed by atoms with van der Waals surface area (Å²) in [5.74, 6) is 0. The molecule has 33 valence electrons. The summed E-state index contributed by atoms with van der Waals surface area (Å²) in [5.41, 5.74) is 0. The molecular formula is C5H8N. The van der Waals surface area contributed by atoms with Gasteiger partial charge in [-0.15, -0.1) is 6.58 Å². The summed E-state index contributed by atoms with van der Waals surface area (Å²) in [6.45, 7) is 8.00. The Morgan fingerprint density at radius 2 is 2.17 bits per heavy atom. The minimum absolute atomic E-state index is 1.23. The van der Waals surface area contributed by atoms with Crippen molar-refractivity contribution in [2.75, 3.05) is 13.1 Å². The third-order valence-corrected chi connectivity index (χ3v) is 0.798. The molecule has 1 radical (unpaired) electrons. The van der Waals surface area contributed by atoms with E-state index in [4.69, 9.17) is 0 Å². The predicted molar refractivity (Wildman–Crippen MR) is 26.1 cm³/mol. The van der Waals surface area contributed by atoms with Gasteiger partial charge in [0.05, 0.1) is 0 Å². The summed E-state index contributed by atoms with van der Waals surface area (Å²) in [6, 6.07) is 0. The van der Waals surface area contributed by atoms with Crippen LogP contribution in [0.4, 0.5) is 0 Å². The molecule has 1 nitrogen and oxygen atoms in total. The van der Waals surface area contributed by atoms with Gasteiger partial charge in [-0.25, -0.2) is 0 Å². The van der Waals surface area contributed by atoms with Crippen molar-refractivity contribution in [1.29, 1.82) is 0 Å². The van der Waals surface area contributed by atoms with Gasteiger partial charge in [0.2, 0.25) is 0 Å². The van der Waals surface area contributed by atoms with Crippen LogP contribution in [0.5, 0.6) is 0 Å². The van der Waals surface area contributed by atoms with Crippen molar-refractivity contribution in [3.05, 3.63) is 19.2 Å². The van der Waals surface area contributed by atoms with Gasteiger partial charge in [0.15, 0.2) is 0 Å². The van der Waals surface area contributed by atoms with Gasteiger partial charge in [-0.1, -0.05) is 6.08 Å². The van der Waals surface area contributed by atoms with Crippen molar-refractivity contribution in [3.63, 3.8) is 0 Å². The average Bonchev–Trinajstić information content (AvgIpc) is 2.21. The molecule has 0 atom stereocenters. The standard InChI is InChI=1S/C5H8N/c1-2-3-6-4-5-6/h2-3H,1,4-5H2. The van der Waals surface area contributed by atoms with E-state index in [1.54, 1.807) is 0 Å². The van der Waals surface area contributed by atoms with E-state index in [-0.39, 0.29) is 0 Å².